The first-order valence-electron chi connectivity index (χ1n) is 13.3. The van der Waals surface area contributed by atoms with Gasteiger partial charge in [-0.25, -0.2) is 0 Å². The number of hydrogen-bond donors (Lipinski definition) is 4. The minimum absolute atomic E-state index is 0.0565. The van der Waals surface area contributed by atoms with Crippen LogP contribution >= 0.6 is 0 Å². The second-order valence-corrected chi connectivity index (χ2v) is 10.5. The van der Waals surface area contributed by atoms with Crippen molar-refractivity contribution in [2.45, 2.75) is 50.7 Å². The number of hydrogen-bond acceptors (Lipinski definition) is 8. The summed E-state index contributed by atoms with van der Waals surface area (Å²) in [5.74, 6) is -1.71. The second kappa shape index (κ2) is 13.0. The lowest BCUT2D eigenvalue weighted by molar-refractivity contribution is -0.144. The van der Waals surface area contributed by atoms with Gasteiger partial charge in [-0.15, -0.1) is 0 Å². The van der Waals surface area contributed by atoms with Gasteiger partial charge in [0, 0.05) is 31.5 Å². The van der Waals surface area contributed by atoms with Gasteiger partial charge < -0.3 is 30.3 Å². The third-order valence-electron chi connectivity index (χ3n) is 6.88. The predicted octanol–water partition coefficient (Wildman–Crippen LogP) is 2.28. The third kappa shape index (κ3) is 6.85. The molecule has 0 saturated heterocycles. The number of carbonyl (C=O) groups excluding carboxylic acids is 2. The third-order valence-corrected chi connectivity index (χ3v) is 6.88. The van der Waals surface area contributed by atoms with Crippen LogP contribution in [-0.2, 0) is 20.8 Å². The Morgan fingerprint density at radius 2 is 1.80 bits per heavy atom. The van der Waals surface area contributed by atoms with Gasteiger partial charge in [-0.05, 0) is 29.4 Å². The topological polar surface area (TPSA) is 142 Å². The Morgan fingerprint density at radius 1 is 1.07 bits per heavy atom. The molecule has 3 unspecified atom stereocenters. The molecule has 0 bridgehead atoms. The molecule has 2 aromatic carbocycles. The Morgan fingerprint density at radius 3 is 2.50 bits per heavy atom. The summed E-state index contributed by atoms with van der Waals surface area (Å²) in [6.45, 7) is 3.95. The summed E-state index contributed by atoms with van der Waals surface area (Å²) >= 11 is 0. The SMILES string of the molecule is COCC(NC(=O)c1nccc2ccccc12)C1=NOC(Cc2ccccc2)(C(=O)NC(CC(C)C)B(O)O)C1. The Hall–Kier alpha value is -3.80. The van der Waals surface area contributed by atoms with Gasteiger partial charge in [-0.1, -0.05) is 73.6 Å². The number of fused-ring (bicyclic) bond motifs is 1. The average molecular weight is 546 g/mol. The van der Waals surface area contributed by atoms with Crippen LogP contribution in [0.25, 0.3) is 10.8 Å². The molecule has 11 heteroatoms. The van der Waals surface area contributed by atoms with Crippen molar-refractivity contribution >= 4 is 35.4 Å². The Bertz CT molecular complexity index is 1350. The summed E-state index contributed by atoms with van der Waals surface area (Å²) in [7, 11) is -0.231. The molecule has 1 aromatic heterocycles. The number of benzene rings is 2. The van der Waals surface area contributed by atoms with E-state index in [2.05, 4.69) is 20.8 Å². The van der Waals surface area contributed by atoms with Gasteiger partial charge in [0.15, 0.2) is 0 Å². The Balaban J connectivity index is 1.58. The number of nitrogens with one attached hydrogen (secondary N) is 2. The summed E-state index contributed by atoms with van der Waals surface area (Å²) in [6.07, 6.45) is 2.18. The van der Waals surface area contributed by atoms with Crippen molar-refractivity contribution in [2.75, 3.05) is 13.7 Å². The minimum Gasteiger partial charge on any atom is -0.426 e. The smallest absolute Gasteiger partial charge is 0.426 e. The van der Waals surface area contributed by atoms with E-state index in [0.717, 1.165) is 10.9 Å². The molecule has 1 aliphatic heterocycles. The molecule has 10 nitrogen and oxygen atoms in total. The van der Waals surface area contributed by atoms with Crippen molar-refractivity contribution in [3.8, 4) is 0 Å². The number of pyridine rings is 1. The lowest BCUT2D eigenvalue weighted by Gasteiger charge is -2.29. The van der Waals surface area contributed by atoms with Crippen molar-refractivity contribution in [3.05, 3.63) is 78.1 Å². The maximum absolute atomic E-state index is 13.7. The molecule has 3 aromatic rings. The van der Waals surface area contributed by atoms with Gasteiger partial charge in [0.1, 0.15) is 5.69 Å². The highest BCUT2D eigenvalue weighted by Crippen LogP contribution is 2.31. The number of oxime groups is 1. The van der Waals surface area contributed by atoms with Crippen LogP contribution in [0.1, 0.15) is 42.7 Å². The van der Waals surface area contributed by atoms with Gasteiger partial charge in [0.25, 0.3) is 11.8 Å². The number of aromatic nitrogens is 1. The van der Waals surface area contributed by atoms with Crippen LogP contribution in [0.5, 0.6) is 0 Å². The molecule has 4 N–H and O–H groups in total. The van der Waals surface area contributed by atoms with Gasteiger partial charge in [0.2, 0.25) is 5.60 Å². The van der Waals surface area contributed by atoms with Crippen molar-refractivity contribution in [1.29, 1.82) is 0 Å². The highest BCUT2D eigenvalue weighted by molar-refractivity contribution is 6.43. The van der Waals surface area contributed by atoms with E-state index in [1.54, 1.807) is 6.20 Å². The van der Waals surface area contributed by atoms with Crippen molar-refractivity contribution in [3.63, 3.8) is 0 Å². The fourth-order valence-electron chi connectivity index (χ4n) is 4.89. The van der Waals surface area contributed by atoms with Gasteiger partial charge in [0.05, 0.1) is 24.3 Å². The monoisotopic (exact) mass is 546 g/mol. The first-order valence-corrected chi connectivity index (χ1v) is 13.3. The molecular formula is C29H35BN4O6. The van der Waals surface area contributed by atoms with Crippen LogP contribution < -0.4 is 10.6 Å². The van der Waals surface area contributed by atoms with Crippen LogP contribution in [0, 0.1) is 5.92 Å². The van der Waals surface area contributed by atoms with E-state index in [4.69, 9.17) is 9.57 Å². The van der Waals surface area contributed by atoms with E-state index in [9.17, 15) is 19.6 Å². The molecule has 210 valence electrons. The molecule has 0 aliphatic carbocycles. The number of nitrogens with zero attached hydrogens (tertiary/aromatic N) is 2. The Kier molecular flexibility index (Phi) is 9.52. The maximum atomic E-state index is 13.7. The Labute approximate surface area is 233 Å². The zero-order chi connectivity index (χ0) is 28.7. The van der Waals surface area contributed by atoms with Crippen LogP contribution in [0.15, 0.2) is 72.0 Å². The van der Waals surface area contributed by atoms with E-state index < -0.39 is 36.5 Å². The molecule has 0 spiro atoms. The van der Waals surface area contributed by atoms with E-state index >= 15 is 0 Å². The number of methoxy groups -OCH3 is 1. The summed E-state index contributed by atoms with van der Waals surface area (Å²) in [5.41, 5.74) is 0.0631. The van der Waals surface area contributed by atoms with Gasteiger partial charge in [-0.3, -0.25) is 14.6 Å². The van der Waals surface area contributed by atoms with E-state index in [1.807, 2.05) is 74.5 Å². The summed E-state index contributed by atoms with van der Waals surface area (Å²) < 4.78 is 5.39. The normalized spacial score (nSPS) is 18.1. The molecule has 4 rings (SSSR count). The van der Waals surface area contributed by atoms with Gasteiger partial charge in [-0.2, -0.15) is 0 Å². The summed E-state index contributed by atoms with van der Waals surface area (Å²) in [6, 6.07) is 18.0. The molecule has 1 aliphatic rings. The fourth-order valence-corrected chi connectivity index (χ4v) is 4.89. The number of carbonyl (C=O) groups is 2. The maximum Gasteiger partial charge on any atom is 0.475 e. The van der Waals surface area contributed by atoms with Crippen LogP contribution in [0.4, 0.5) is 0 Å². The molecule has 0 fully saturated rings. The lowest BCUT2D eigenvalue weighted by atomic mass is 9.74. The molecular weight excluding hydrogens is 511 g/mol. The zero-order valence-electron chi connectivity index (χ0n) is 22.9. The second-order valence-electron chi connectivity index (χ2n) is 10.5. The highest BCUT2D eigenvalue weighted by Gasteiger charge is 2.49. The quantitative estimate of drug-likeness (QED) is 0.255. The number of rotatable bonds is 12. The molecule has 2 amide bonds. The lowest BCUT2D eigenvalue weighted by Crippen LogP contribution is -2.56. The van der Waals surface area contributed by atoms with E-state index in [0.29, 0.717) is 17.5 Å². The van der Waals surface area contributed by atoms with Gasteiger partial charge >= 0.3 is 7.12 Å². The molecule has 2 heterocycles. The first kappa shape index (κ1) is 29.2. The van der Waals surface area contributed by atoms with Crippen LogP contribution in [0.2, 0.25) is 0 Å². The summed E-state index contributed by atoms with van der Waals surface area (Å²) in [4.78, 5) is 37.3. The average Bonchev–Trinajstić information content (AvgIpc) is 3.37. The predicted molar refractivity (Wildman–Crippen MR) is 152 cm³/mol. The fraction of sp³-hybridized carbons (Fsp3) is 0.379. The van der Waals surface area contributed by atoms with Crippen molar-refractivity contribution in [2.24, 2.45) is 11.1 Å². The zero-order valence-corrected chi connectivity index (χ0v) is 22.9. The van der Waals surface area contributed by atoms with Crippen molar-refractivity contribution in [1.82, 2.24) is 15.6 Å². The van der Waals surface area contributed by atoms with Crippen LogP contribution in [0.3, 0.4) is 0 Å². The largest absolute Gasteiger partial charge is 0.475 e. The van der Waals surface area contributed by atoms with Crippen LogP contribution in [-0.4, -0.2) is 71.0 Å². The summed E-state index contributed by atoms with van der Waals surface area (Å²) in [5, 5.41) is 31.4. The number of amides is 2. The molecule has 40 heavy (non-hydrogen) atoms. The highest BCUT2D eigenvalue weighted by atomic mass is 16.7. The first-order chi connectivity index (χ1) is 19.2. The number of ether oxygens (including phenoxy) is 1. The molecule has 3 atom stereocenters. The minimum atomic E-state index is -1.74. The van der Waals surface area contributed by atoms with E-state index in [1.165, 1.54) is 7.11 Å². The molecule has 0 saturated carbocycles. The van der Waals surface area contributed by atoms with E-state index in [-0.39, 0.29) is 31.1 Å². The standard InChI is InChI=1S/C29H35BN4O6/c1-19(2)15-25(30(37)38)33-28(36)29(16-20-9-5-4-6-10-20)17-23(34-40-29)24(18-39-3)32-27(35)26-22-12-8-7-11-21(22)13-14-31-26/h4-14,19,24-25,37-38H,15-18H2,1-3H3,(H,32,35)(H,33,36). The van der Waals surface area contributed by atoms with Crippen molar-refractivity contribution < 1.29 is 29.2 Å². The molecule has 0 radical (unpaired) electrons.